The van der Waals surface area contributed by atoms with Crippen molar-refractivity contribution >= 4 is 39.4 Å². The minimum absolute atomic E-state index is 0.164. The zero-order chi connectivity index (χ0) is 25.1. The molecule has 0 bridgehead atoms. The molecule has 0 saturated heterocycles. The molecule has 1 atom stereocenters. The molecule has 7 heteroatoms. The molecule has 5 rings (SSSR count). The van der Waals surface area contributed by atoms with Gasteiger partial charge in [0.2, 0.25) is 0 Å². The summed E-state index contributed by atoms with van der Waals surface area (Å²) in [6, 6.07) is 20.7. The number of amides is 1. The van der Waals surface area contributed by atoms with Crippen molar-refractivity contribution in [1.29, 1.82) is 0 Å². The fraction of sp³-hybridized carbons (Fsp3) is 0.241. The smallest absolute Gasteiger partial charge is 0.251 e. The Bertz CT molecular complexity index is 1500. The first kappa shape index (κ1) is 23.9. The maximum Gasteiger partial charge on any atom is 0.251 e. The molecule has 5 aromatic rings. The molecule has 0 aliphatic heterocycles. The predicted octanol–water partition coefficient (Wildman–Crippen LogP) is 6.69. The standard InChI is InChI=1S/C29H29ClN4O2/c1-3-4-15-34-27-17-22(36-2)13-14-25(27)32-28(34)26(33-29(35)19-9-11-21(30)12-10-19)16-20-18-31-24-8-6-5-7-23(20)24/h5-14,17-18,26,31H,3-4,15-16H2,1-2H3,(H,33,35). The Morgan fingerprint density at radius 3 is 2.72 bits per heavy atom. The van der Waals surface area contributed by atoms with E-state index in [1.54, 1.807) is 31.4 Å². The highest BCUT2D eigenvalue weighted by Crippen LogP contribution is 2.29. The summed E-state index contributed by atoms with van der Waals surface area (Å²) in [5, 5.41) is 5.00. The molecule has 0 spiro atoms. The van der Waals surface area contributed by atoms with Crippen molar-refractivity contribution in [2.75, 3.05) is 7.11 Å². The van der Waals surface area contributed by atoms with E-state index in [1.807, 2.05) is 36.5 Å². The maximum absolute atomic E-state index is 13.4. The second-order valence-electron chi connectivity index (χ2n) is 8.93. The SMILES string of the molecule is CCCCn1c(C(Cc2c[nH]c3ccccc23)NC(=O)c2ccc(Cl)cc2)nc2ccc(OC)cc21. The van der Waals surface area contributed by atoms with Crippen LogP contribution in [0.3, 0.4) is 0 Å². The van der Waals surface area contributed by atoms with Crippen LogP contribution in [-0.2, 0) is 13.0 Å². The number of aromatic nitrogens is 3. The van der Waals surface area contributed by atoms with Gasteiger partial charge in [0.05, 0.1) is 24.2 Å². The number of aryl methyl sites for hydroxylation is 1. The Hall–Kier alpha value is -3.77. The number of ether oxygens (including phenoxy) is 1. The van der Waals surface area contributed by atoms with Crippen molar-refractivity contribution in [3.8, 4) is 5.75 Å². The summed E-state index contributed by atoms with van der Waals surface area (Å²) in [7, 11) is 1.67. The van der Waals surface area contributed by atoms with Crippen LogP contribution >= 0.6 is 11.6 Å². The lowest BCUT2D eigenvalue weighted by molar-refractivity contribution is 0.0934. The van der Waals surface area contributed by atoms with Crippen molar-refractivity contribution in [2.45, 2.75) is 38.8 Å². The Labute approximate surface area is 215 Å². The van der Waals surface area contributed by atoms with E-state index >= 15 is 0 Å². The monoisotopic (exact) mass is 500 g/mol. The summed E-state index contributed by atoms with van der Waals surface area (Å²) < 4.78 is 7.72. The van der Waals surface area contributed by atoms with Gasteiger partial charge in [-0.1, -0.05) is 43.1 Å². The number of hydrogen-bond acceptors (Lipinski definition) is 3. The number of nitrogens with one attached hydrogen (secondary N) is 2. The third kappa shape index (κ3) is 4.82. The topological polar surface area (TPSA) is 71.9 Å². The molecule has 0 saturated carbocycles. The molecule has 2 heterocycles. The lowest BCUT2D eigenvalue weighted by Crippen LogP contribution is -2.32. The van der Waals surface area contributed by atoms with Crippen LogP contribution in [0.25, 0.3) is 21.9 Å². The summed E-state index contributed by atoms with van der Waals surface area (Å²) in [4.78, 5) is 21.7. The molecule has 184 valence electrons. The molecule has 3 aromatic carbocycles. The number of benzene rings is 3. The number of unbranched alkanes of at least 4 members (excludes halogenated alkanes) is 1. The Morgan fingerprint density at radius 1 is 1.14 bits per heavy atom. The second kappa shape index (κ2) is 10.5. The maximum atomic E-state index is 13.4. The number of imidazole rings is 1. The quantitative estimate of drug-likeness (QED) is 0.237. The number of methoxy groups -OCH3 is 1. The molecule has 2 aromatic heterocycles. The number of aromatic amines is 1. The Morgan fingerprint density at radius 2 is 1.94 bits per heavy atom. The summed E-state index contributed by atoms with van der Waals surface area (Å²) >= 11 is 6.05. The van der Waals surface area contributed by atoms with Crippen molar-refractivity contribution < 1.29 is 9.53 Å². The van der Waals surface area contributed by atoms with E-state index in [0.29, 0.717) is 17.0 Å². The van der Waals surface area contributed by atoms with Crippen LogP contribution in [0.4, 0.5) is 0 Å². The van der Waals surface area contributed by atoms with E-state index in [9.17, 15) is 4.79 Å². The fourth-order valence-corrected chi connectivity index (χ4v) is 4.76. The van der Waals surface area contributed by atoms with Crippen LogP contribution in [-0.4, -0.2) is 27.6 Å². The number of nitrogens with zero attached hydrogens (tertiary/aromatic N) is 2. The zero-order valence-corrected chi connectivity index (χ0v) is 21.2. The molecule has 6 nitrogen and oxygen atoms in total. The molecule has 1 amide bonds. The van der Waals surface area contributed by atoms with E-state index in [-0.39, 0.29) is 11.9 Å². The molecular weight excluding hydrogens is 472 g/mol. The van der Waals surface area contributed by atoms with Crippen LogP contribution in [0.5, 0.6) is 5.75 Å². The second-order valence-corrected chi connectivity index (χ2v) is 9.36. The van der Waals surface area contributed by atoms with Gasteiger partial charge in [0.1, 0.15) is 11.6 Å². The van der Waals surface area contributed by atoms with Crippen molar-refractivity contribution in [3.63, 3.8) is 0 Å². The van der Waals surface area contributed by atoms with Gasteiger partial charge in [-0.2, -0.15) is 0 Å². The van der Waals surface area contributed by atoms with Crippen molar-refractivity contribution in [3.05, 3.63) is 94.9 Å². The summed E-state index contributed by atoms with van der Waals surface area (Å²) in [6.45, 7) is 2.97. The average molecular weight is 501 g/mol. The number of hydrogen-bond donors (Lipinski definition) is 2. The zero-order valence-electron chi connectivity index (χ0n) is 20.4. The van der Waals surface area contributed by atoms with Crippen LogP contribution in [0.15, 0.2) is 72.9 Å². The first-order chi connectivity index (χ1) is 17.6. The highest BCUT2D eigenvalue weighted by Gasteiger charge is 2.24. The molecule has 2 N–H and O–H groups in total. The molecular formula is C29H29ClN4O2. The van der Waals surface area contributed by atoms with E-state index in [0.717, 1.165) is 58.5 Å². The van der Waals surface area contributed by atoms with Gasteiger partial charge in [-0.25, -0.2) is 4.98 Å². The van der Waals surface area contributed by atoms with Crippen molar-refractivity contribution in [2.24, 2.45) is 0 Å². The van der Waals surface area contributed by atoms with Gasteiger partial charge in [-0.05, 0) is 54.4 Å². The van der Waals surface area contributed by atoms with Crippen LogP contribution in [0.2, 0.25) is 5.02 Å². The lowest BCUT2D eigenvalue weighted by Gasteiger charge is -2.20. The highest BCUT2D eigenvalue weighted by molar-refractivity contribution is 6.30. The number of halogens is 1. The summed E-state index contributed by atoms with van der Waals surface area (Å²) in [5.74, 6) is 1.45. The van der Waals surface area contributed by atoms with Gasteiger partial charge in [-0.3, -0.25) is 4.79 Å². The largest absolute Gasteiger partial charge is 0.497 e. The summed E-state index contributed by atoms with van der Waals surface area (Å²) in [5.41, 5.74) is 4.63. The number of carbonyl (C=O) groups is 1. The molecule has 0 fully saturated rings. The van der Waals surface area contributed by atoms with E-state index in [4.69, 9.17) is 21.3 Å². The van der Waals surface area contributed by atoms with Crippen LogP contribution < -0.4 is 10.1 Å². The van der Waals surface area contributed by atoms with Gasteiger partial charge >= 0.3 is 0 Å². The summed E-state index contributed by atoms with van der Waals surface area (Å²) in [6.07, 6.45) is 4.66. The molecule has 0 radical (unpaired) electrons. The van der Waals surface area contributed by atoms with Crippen molar-refractivity contribution in [1.82, 2.24) is 19.9 Å². The molecule has 0 aliphatic rings. The van der Waals surface area contributed by atoms with Gasteiger partial charge < -0.3 is 19.6 Å². The third-order valence-corrected chi connectivity index (χ3v) is 6.79. The van der Waals surface area contributed by atoms with E-state index in [1.165, 1.54) is 0 Å². The van der Waals surface area contributed by atoms with Gasteiger partial charge in [-0.15, -0.1) is 0 Å². The minimum Gasteiger partial charge on any atom is -0.497 e. The highest BCUT2D eigenvalue weighted by atomic mass is 35.5. The first-order valence-electron chi connectivity index (χ1n) is 12.2. The van der Waals surface area contributed by atoms with Crippen LogP contribution in [0.1, 0.15) is 47.6 Å². The predicted molar refractivity (Wildman–Crippen MR) is 145 cm³/mol. The lowest BCUT2D eigenvalue weighted by atomic mass is 10.0. The third-order valence-electron chi connectivity index (χ3n) is 6.54. The number of para-hydroxylation sites is 1. The molecule has 36 heavy (non-hydrogen) atoms. The van der Waals surface area contributed by atoms with E-state index < -0.39 is 0 Å². The van der Waals surface area contributed by atoms with Gasteiger partial charge in [0, 0.05) is 46.7 Å². The molecule has 1 unspecified atom stereocenters. The number of rotatable bonds is 9. The Kier molecular flexibility index (Phi) is 6.96. The average Bonchev–Trinajstić information content (AvgIpc) is 3.48. The van der Waals surface area contributed by atoms with E-state index in [2.05, 4.69) is 33.9 Å². The number of H-pyrrole nitrogens is 1. The number of fused-ring (bicyclic) bond motifs is 2. The fourth-order valence-electron chi connectivity index (χ4n) is 4.64. The normalized spacial score (nSPS) is 12.2. The van der Waals surface area contributed by atoms with Gasteiger partial charge in [0.25, 0.3) is 5.91 Å². The first-order valence-corrected chi connectivity index (χ1v) is 12.6. The minimum atomic E-state index is -0.345. The molecule has 0 aliphatic carbocycles. The van der Waals surface area contributed by atoms with Gasteiger partial charge in [0.15, 0.2) is 0 Å². The van der Waals surface area contributed by atoms with Crippen LogP contribution in [0, 0.1) is 0 Å². The number of carbonyl (C=O) groups excluding carboxylic acids is 1. The Balaban J connectivity index is 1.59.